The van der Waals surface area contributed by atoms with Crippen molar-refractivity contribution in [2.24, 2.45) is 0 Å². The molecule has 8 heteroatoms. The van der Waals surface area contributed by atoms with Crippen LogP contribution in [0.1, 0.15) is 35.5 Å². The van der Waals surface area contributed by atoms with Crippen molar-refractivity contribution in [3.63, 3.8) is 0 Å². The predicted octanol–water partition coefficient (Wildman–Crippen LogP) is 5.07. The number of anilines is 1. The van der Waals surface area contributed by atoms with Crippen LogP contribution in [0.4, 0.5) is 5.69 Å². The number of sulfonamides is 1. The van der Waals surface area contributed by atoms with Crippen molar-refractivity contribution in [1.29, 1.82) is 0 Å². The predicted molar refractivity (Wildman–Crippen MR) is 109 cm³/mol. The third-order valence-electron chi connectivity index (χ3n) is 4.13. The SMILES string of the molecule is Cc1cc2oc(C)c(C(=O)OC(C)C)c2cc1NS(=O)(=O)c1ccc(Cl)cc1. The quantitative estimate of drug-likeness (QED) is 0.581. The lowest BCUT2D eigenvalue weighted by atomic mass is 10.1. The zero-order valence-corrected chi connectivity index (χ0v) is 17.4. The maximum Gasteiger partial charge on any atom is 0.342 e. The molecule has 28 heavy (non-hydrogen) atoms. The van der Waals surface area contributed by atoms with Gasteiger partial charge in [-0.05, 0) is 69.7 Å². The molecule has 0 spiro atoms. The Morgan fingerprint density at radius 1 is 1.14 bits per heavy atom. The van der Waals surface area contributed by atoms with Crippen LogP contribution in [-0.2, 0) is 14.8 Å². The Balaban J connectivity index is 2.05. The second kappa shape index (κ2) is 7.48. The van der Waals surface area contributed by atoms with E-state index in [-0.39, 0.29) is 16.6 Å². The van der Waals surface area contributed by atoms with Crippen molar-refractivity contribution < 1.29 is 22.4 Å². The van der Waals surface area contributed by atoms with Crippen LogP contribution < -0.4 is 4.72 Å². The number of carbonyl (C=O) groups excluding carboxylic acids is 1. The lowest BCUT2D eigenvalue weighted by molar-refractivity contribution is 0.0378. The van der Waals surface area contributed by atoms with Crippen LogP contribution in [0.5, 0.6) is 0 Å². The molecule has 1 aromatic heterocycles. The number of ether oxygens (including phenoxy) is 1. The first-order chi connectivity index (χ1) is 13.1. The van der Waals surface area contributed by atoms with E-state index in [0.29, 0.717) is 33.0 Å². The van der Waals surface area contributed by atoms with E-state index in [1.807, 2.05) is 0 Å². The number of carbonyl (C=O) groups is 1. The summed E-state index contributed by atoms with van der Waals surface area (Å²) in [5, 5.41) is 0.932. The molecule has 0 aliphatic rings. The number of furan rings is 1. The summed E-state index contributed by atoms with van der Waals surface area (Å²) in [7, 11) is -3.82. The van der Waals surface area contributed by atoms with E-state index < -0.39 is 16.0 Å². The summed E-state index contributed by atoms with van der Waals surface area (Å²) in [6.07, 6.45) is -0.287. The molecule has 0 atom stereocenters. The number of hydrogen-bond donors (Lipinski definition) is 1. The Bertz CT molecular complexity index is 1150. The minimum absolute atomic E-state index is 0.0826. The van der Waals surface area contributed by atoms with Crippen molar-refractivity contribution >= 4 is 44.3 Å². The van der Waals surface area contributed by atoms with Crippen molar-refractivity contribution in [2.75, 3.05) is 4.72 Å². The molecule has 0 saturated heterocycles. The van der Waals surface area contributed by atoms with E-state index in [0.717, 1.165) is 0 Å². The van der Waals surface area contributed by atoms with Gasteiger partial charge in [0.15, 0.2) is 0 Å². The summed E-state index contributed by atoms with van der Waals surface area (Å²) >= 11 is 5.83. The topological polar surface area (TPSA) is 85.6 Å². The summed E-state index contributed by atoms with van der Waals surface area (Å²) in [5.74, 6) is -0.0978. The highest BCUT2D eigenvalue weighted by molar-refractivity contribution is 7.92. The van der Waals surface area contributed by atoms with Gasteiger partial charge in [0.2, 0.25) is 0 Å². The van der Waals surface area contributed by atoms with Gasteiger partial charge in [0.25, 0.3) is 10.0 Å². The third kappa shape index (κ3) is 4.00. The number of rotatable bonds is 5. The summed E-state index contributed by atoms with van der Waals surface area (Å²) in [6.45, 7) is 6.93. The van der Waals surface area contributed by atoms with Gasteiger partial charge in [-0.25, -0.2) is 13.2 Å². The van der Waals surface area contributed by atoms with Crippen LogP contribution in [0.2, 0.25) is 5.02 Å². The average molecular weight is 422 g/mol. The van der Waals surface area contributed by atoms with E-state index in [4.69, 9.17) is 20.8 Å². The number of esters is 1. The molecule has 0 unspecified atom stereocenters. The van der Waals surface area contributed by atoms with E-state index in [2.05, 4.69) is 4.72 Å². The molecule has 1 heterocycles. The summed E-state index contributed by atoms with van der Waals surface area (Å²) in [6, 6.07) is 9.13. The minimum atomic E-state index is -3.82. The maximum absolute atomic E-state index is 12.7. The number of aryl methyl sites for hydroxylation is 2. The van der Waals surface area contributed by atoms with E-state index >= 15 is 0 Å². The van der Waals surface area contributed by atoms with Crippen LogP contribution in [-0.4, -0.2) is 20.5 Å². The number of hydrogen-bond acceptors (Lipinski definition) is 5. The van der Waals surface area contributed by atoms with Gasteiger partial charge in [-0.2, -0.15) is 0 Å². The second-order valence-corrected chi connectivity index (χ2v) is 8.83. The molecule has 6 nitrogen and oxygen atoms in total. The Morgan fingerprint density at radius 3 is 2.39 bits per heavy atom. The molecule has 0 radical (unpaired) electrons. The highest BCUT2D eigenvalue weighted by Gasteiger charge is 2.23. The molecule has 3 rings (SSSR count). The molecule has 1 N–H and O–H groups in total. The Labute approximate surface area is 168 Å². The fourth-order valence-corrected chi connectivity index (χ4v) is 4.07. The molecule has 0 saturated carbocycles. The van der Waals surface area contributed by atoms with Gasteiger partial charge >= 0.3 is 5.97 Å². The molecule has 2 aromatic carbocycles. The zero-order valence-electron chi connectivity index (χ0n) is 15.9. The van der Waals surface area contributed by atoms with Gasteiger partial charge in [0.1, 0.15) is 16.9 Å². The van der Waals surface area contributed by atoms with Gasteiger partial charge < -0.3 is 9.15 Å². The van der Waals surface area contributed by atoms with E-state index in [9.17, 15) is 13.2 Å². The van der Waals surface area contributed by atoms with Gasteiger partial charge in [-0.3, -0.25) is 4.72 Å². The van der Waals surface area contributed by atoms with Crippen LogP contribution in [0.25, 0.3) is 11.0 Å². The monoisotopic (exact) mass is 421 g/mol. The fraction of sp³-hybridized carbons (Fsp3) is 0.250. The number of fused-ring (bicyclic) bond motifs is 1. The summed E-state index contributed by atoms with van der Waals surface area (Å²) < 4.78 is 38.9. The van der Waals surface area contributed by atoms with Crippen LogP contribution in [0.3, 0.4) is 0 Å². The number of halogens is 1. The largest absolute Gasteiger partial charge is 0.460 e. The molecule has 0 amide bonds. The normalized spacial score (nSPS) is 11.8. The molecule has 0 bridgehead atoms. The van der Waals surface area contributed by atoms with Gasteiger partial charge in [0, 0.05) is 10.4 Å². The molecule has 148 valence electrons. The zero-order chi connectivity index (χ0) is 20.6. The second-order valence-electron chi connectivity index (χ2n) is 6.71. The van der Waals surface area contributed by atoms with Crippen LogP contribution in [0, 0.1) is 13.8 Å². The average Bonchev–Trinajstić information content (AvgIpc) is 2.89. The Morgan fingerprint density at radius 2 is 1.79 bits per heavy atom. The Hall–Kier alpha value is -2.51. The fourth-order valence-electron chi connectivity index (χ4n) is 2.82. The maximum atomic E-state index is 12.7. The van der Waals surface area contributed by atoms with E-state index in [1.54, 1.807) is 39.8 Å². The molecular weight excluding hydrogens is 402 g/mol. The molecular formula is C20H20ClNO5S. The first kappa shape index (κ1) is 20.2. The highest BCUT2D eigenvalue weighted by Crippen LogP contribution is 2.32. The van der Waals surface area contributed by atoms with Crippen LogP contribution >= 0.6 is 11.6 Å². The van der Waals surface area contributed by atoms with Gasteiger partial charge in [0.05, 0.1) is 16.7 Å². The number of benzene rings is 2. The van der Waals surface area contributed by atoms with Gasteiger partial charge in [-0.1, -0.05) is 11.6 Å². The standard InChI is InChI=1S/C20H20ClNO5S/c1-11(2)26-20(23)19-13(4)27-18-9-12(3)17(10-16(18)19)22-28(24,25)15-7-5-14(21)6-8-15/h5-11,22H,1-4H3. The lowest BCUT2D eigenvalue weighted by Gasteiger charge is -2.11. The first-order valence-corrected chi connectivity index (χ1v) is 10.5. The molecule has 0 aliphatic carbocycles. The highest BCUT2D eigenvalue weighted by atomic mass is 35.5. The molecule has 0 fully saturated rings. The summed E-state index contributed by atoms with van der Waals surface area (Å²) in [5.41, 5.74) is 1.78. The van der Waals surface area contributed by atoms with Gasteiger partial charge in [-0.15, -0.1) is 0 Å². The van der Waals surface area contributed by atoms with Crippen molar-refractivity contribution in [1.82, 2.24) is 0 Å². The smallest absolute Gasteiger partial charge is 0.342 e. The van der Waals surface area contributed by atoms with Crippen molar-refractivity contribution in [2.45, 2.75) is 38.7 Å². The van der Waals surface area contributed by atoms with Crippen molar-refractivity contribution in [3.05, 3.63) is 58.3 Å². The first-order valence-electron chi connectivity index (χ1n) is 8.61. The van der Waals surface area contributed by atoms with E-state index in [1.165, 1.54) is 24.3 Å². The van der Waals surface area contributed by atoms with Crippen LogP contribution in [0.15, 0.2) is 45.7 Å². The molecule has 3 aromatic rings. The molecule has 0 aliphatic heterocycles. The Kier molecular flexibility index (Phi) is 5.41. The third-order valence-corrected chi connectivity index (χ3v) is 5.76. The minimum Gasteiger partial charge on any atom is -0.460 e. The number of nitrogens with one attached hydrogen (secondary N) is 1. The lowest BCUT2D eigenvalue weighted by Crippen LogP contribution is -2.14. The summed E-state index contributed by atoms with van der Waals surface area (Å²) in [4.78, 5) is 12.5. The van der Waals surface area contributed by atoms with Crippen molar-refractivity contribution in [3.8, 4) is 0 Å².